The van der Waals surface area contributed by atoms with Gasteiger partial charge >= 0.3 is 0 Å². The van der Waals surface area contributed by atoms with E-state index in [2.05, 4.69) is 5.32 Å². The first-order valence-electron chi connectivity index (χ1n) is 7.59. The standard InChI is InChI=1S/C14H24N2O4S/c1-4-9(2)12-14(18)16(10(3)13(17)15-12)11-5-7-21(19,20)8-6-11/h9-12H,4-8H2,1-3H3,(H,15,17). The third-order valence-electron chi connectivity index (χ3n) is 4.75. The Hall–Kier alpha value is -1.11. The first-order valence-corrected chi connectivity index (χ1v) is 9.42. The summed E-state index contributed by atoms with van der Waals surface area (Å²) < 4.78 is 23.1. The molecule has 0 aromatic rings. The van der Waals surface area contributed by atoms with Crippen LogP contribution in [0.25, 0.3) is 0 Å². The molecule has 2 rings (SSSR count). The number of amides is 2. The molecular formula is C14H24N2O4S. The predicted octanol–water partition coefficient (Wildman–Crippen LogP) is 0.325. The number of nitrogens with one attached hydrogen (secondary N) is 1. The summed E-state index contributed by atoms with van der Waals surface area (Å²) in [6.45, 7) is 5.64. The lowest BCUT2D eigenvalue weighted by molar-refractivity contribution is -0.153. The third kappa shape index (κ3) is 3.22. The molecule has 0 aromatic heterocycles. The average Bonchev–Trinajstić information content (AvgIpc) is 2.44. The van der Waals surface area contributed by atoms with Crippen LogP contribution in [0.4, 0.5) is 0 Å². The predicted molar refractivity (Wildman–Crippen MR) is 79.4 cm³/mol. The molecule has 3 atom stereocenters. The second kappa shape index (κ2) is 5.94. The molecule has 0 bridgehead atoms. The van der Waals surface area contributed by atoms with Crippen molar-refractivity contribution in [1.82, 2.24) is 10.2 Å². The highest BCUT2D eigenvalue weighted by Crippen LogP contribution is 2.25. The minimum absolute atomic E-state index is 0.0688. The van der Waals surface area contributed by atoms with Gasteiger partial charge in [-0.2, -0.15) is 0 Å². The molecule has 2 amide bonds. The van der Waals surface area contributed by atoms with E-state index in [1.54, 1.807) is 11.8 Å². The Balaban J connectivity index is 2.19. The van der Waals surface area contributed by atoms with E-state index in [1.807, 2.05) is 13.8 Å². The lowest BCUT2D eigenvalue weighted by Gasteiger charge is -2.44. The second-order valence-electron chi connectivity index (χ2n) is 6.18. The number of piperazine rings is 1. The molecule has 6 nitrogen and oxygen atoms in total. The van der Waals surface area contributed by atoms with Gasteiger partial charge in [0.2, 0.25) is 11.8 Å². The van der Waals surface area contributed by atoms with Crippen LogP contribution in [0.1, 0.15) is 40.0 Å². The van der Waals surface area contributed by atoms with Crippen LogP contribution < -0.4 is 5.32 Å². The summed E-state index contributed by atoms with van der Waals surface area (Å²) in [5.74, 6) is 0.0611. The number of hydrogen-bond acceptors (Lipinski definition) is 4. The smallest absolute Gasteiger partial charge is 0.246 e. The lowest BCUT2D eigenvalue weighted by Crippen LogP contribution is -2.66. The van der Waals surface area contributed by atoms with Crippen molar-refractivity contribution >= 4 is 21.7 Å². The first-order chi connectivity index (χ1) is 9.76. The van der Waals surface area contributed by atoms with Crippen LogP contribution in [0.3, 0.4) is 0 Å². The summed E-state index contributed by atoms with van der Waals surface area (Å²) in [7, 11) is -2.98. The zero-order valence-electron chi connectivity index (χ0n) is 12.8. The number of carbonyl (C=O) groups excluding carboxylic acids is 2. The van der Waals surface area contributed by atoms with Gasteiger partial charge in [-0.15, -0.1) is 0 Å². The van der Waals surface area contributed by atoms with Crippen molar-refractivity contribution in [2.45, 2.75) is 58.2 Å². The highest BCUT2D eigenvalue weighted by atomic mass is 32.2. The third-order valence-corrected chi connectivity index (χ3v) is 6.46. The average molecular weight is 316 g/mol. The maximum Gasteiger partial charge on any atom is 0.246 e. The molecule has 2 aliphatic rings. The summed E-state index contributed by atoms with van der Waals surface area (Å²) in [6, 6.07) is -1.16. The van der Waals surface area contributed by atoms with Crippen LogP contribution in [0.5, 0.6) is 0 Å². The van der Waals surface area contributed by atoms with Gasteiger partial charge in [0, 0.05) is 6.04 Å². The van der Waals surface area contributed by atoms with Crippen molar-refractivity contribution in [1.29, 1.82) is 0 Å². The number of hydrogen-bond donors (Lipinski definition) is 1. The molecule has 21 heavy (non-hydrogen) atoms. The van der Waals surface area contributed by atoms with Crippen LogP contribution in [0, 0.1) is 5.92 Å². The highest BCUT2D eigenvalue weighted by molar-refractivity contribution is 7.91. The summed E-state index contributed by atoms with van der Waals surface area (Å²) >= 11 is 0. The molecule has 3 unspecified atom stereocenters. The summed E-state index contributed by atoms with van der Waals surface area (Å²) in [4.78, 5) is 26.5. The van der Waals surface area contributed by atoms with E-state index in [0.29, 0.717) is 12.8 Å². The Morgan fingerprint density at radius 3 is 2.38 bits per heavy atom. The van der Waals surface area contributed by atoms with Crippen molar-refractivity contribution in [2.75, 3.05) is 11.5 Å². The van der Waals surface area contributed by atoms with Gasteiger partial charge in [-0.1, -0.05) is 20.3 Å². The van der Waals surface area contributed by atoms with Crippen molar-refractivity contribution in [2.24, 2.45) is 5.92 Å². The summed E-state index contributed by atoms with van der Waals surface area (Å²) in [5.41, 5.74) is 0. The lowest BCUT2D eigenvalue weighted by atomic mass is 9.92. The van der Waals surface area contributed by atoms with Crippen LogP contribution in [-0.4, -0.2) is 54.8 Å². The van der Waals surface area contributed by atoms with Gasteiger partial charge in [-0.3, -0.25) is 9.59 Å². The largest absolute Gasteiger partial charge is 0.342 e. The Morgan fingerprint density at radius 1 is 1.29 bits per heavy atom. The van der Waals surface area contributed by atoms with Crippen LogP contribution in [-0.2, 0) is 19.4 Å². The molecule has 0 spiro atoms. The minimum atomic E-state index is -2.98. The Kier molecular flexibility index (Phi) is 4.60. The quantitative estimate of drug-likeness (QED) is 0.813. The van der Waals surface area contributed by atoms with Gasteiger partial charge in [-0.25, -0.2) is 8.42 Å². The van der Waals surface area contributed by atoms with Gasteiger partial charge in [0.1, 0.15) is 21.9 Å². The topological polar surface area (TPSA) is 83.6 Å². The number of rotatable bonds is 3. The SMILES string of the molecule is CCC(C)C1NC(=O)C(C)N(C2CCS(=O)(=O)CC2)C1=O. The van der Waals surface area contributed by atoms with Crippen LogP contribution >= 0.6 is 0 Å². The molecule has 0 aliphatic carbocycles. The Morgan fingerprint density at radius 2 is 1.86 bits per heavy atom. The fraction of sp³-hybridized carbons (Fsp3) is 0.857. The minimum Gasteiger partial charge on any atom is -0.342 e. The molecular weight excluding hydrogens is 292 g/mol. The van der Waals surface area contributed by atoms with Crippen molar-refractivity contribution < 1.29 is 18.0 Å². The van der Waals surface area contributed by atoms with Gasteiger partial charge in [0.25, 0.3) is 0 Å². The van der Waals surface area contributed by atoms with Crippen molar-refractivity contribution in [3.8, 4) is 0 Å². The molecule has 0 aromatic carbocycles. The van der Waals surface area contributed by atoms with Gasteiger partial charge in [0.15, 0.2) is 0 Å². The van der Waals surface area contributed by atoms with Crippen LogP contribution in [0.15, 0.2) is 0 Å². The number of carbonyl (C=O) groups is 2. The van der Waals surface area contributed by atoms with E-state index in [1.165, 1.54) is 0 Å². The van der Waals surface area contributed by atoms with E-state index in [-0.39, 0.29) is 35.3 Å². The molecule has 7 heteroatoms. The fourth-order valence-electron chi connectivity index (χ4n) is 3.09. The van der Waals surface area contributed by atoms with E-state index in [0.717, 1.165) is 6.42 Å². The molecule has 1 N–H and O–H groups in total. The zero-order chi connectivity index (χ0) is 15.8. The maximum atomic E-state index is 12.7. The zero-order valence-corrected chi connectivity index (χ0v) is 13.6. The van der Waals surface area contributed by atoms with Crippen molar-refractivity contribution in [3.63, 3.8) is 0 Å². The Bertz CT molecular complexity index is 517. The second-order valence-corrected chi connectivity index (χ2v) is 8.48. The number of nitrogens with zero attached hydrogens (tertiary/aromatic N) is 1. The molecule has 2 aliphatic heterocycles. The summed E-state index contributed by atoms with van der Waals surface area (Å²) in [5, 5.41) is 2.80. The van der Waals surface area contributed by atoms with E-state index in [4.69, 9.17) is 0 Å². The van der Waals surface area contributed by atoms with Crippen molar-refractivity contribution in [3.05, 3.63) is 0 Å². The molecule has 2 heterocycles. The van der Waals surface area contributed by atoms with E-state index in [9.17, 15) is 18.0 Å². The maximum absolute atomic E-state index is 12.7. The van der Waals surface area contributed by atoms with E-state index >= 15 is 0 Å². The monoisotopic (exact) mass is 316 g/mol. The van der Waals surface area contributed by atoms with Gasteiger partial charge in [-0.05, 0) is 25.7 Å². The summed E-state index contributed by atoms with van der Waals surface area (Å²) in [6.07, 6.45) is 1.66. The number of sulfone groups is 1. The normalized spacial score (nSPS) is 31.9. The Labute approximate surface area is 126 Å². The molecule has 120 valence electrons. The molecule has 2 saturated heterocycles. The molecule has 0 radical (unpaired) electrons. The van der Waals surface area contributed by atoms with E-state index < -0.39 is 21.9 Å². The van der Waals surface area contributed by atoms with Gasteiger partial charge < -0.3 is 10.2 Å². The van der Waals surface area contributed by atoms with Crippen LogP contribution in [0.2, 0.25) is 0 Å². The fourth-order valence-corrected chi connectivity index (χ4v) is 4.55. The van der Waals surface area contributed by atoms with Gasteiger partial charge in [0.05, 0.1) is 11.5 Å². The highest BCUT2D eigenvalue weighted by Gasteiger charge is 2.44. The first kappa shape index (κ1) is 16.3. The molecule has 0 saturated carbocycles. The molecule has 2 fully saturated rings.